The highest BCUT2D eigenvalue weighted by atomic mass is 32.2. The zero-order valence-electron chi connectivity index (χ0n) is 18.3. The third-order valence-electron chi connectivity index (χ3n) is 6.00. The number of sulfonamides is 1. The van der Waals surface area contributed by atoms with Crippen molar-refractivity contribution in [3.63, 3.8) is 0 Å². The average molecular weight is 458 g/mol. The van der Waals surface area contributed by atoms with Gasteiger partial charge in [0, 0.05) is 24.7 Å². The van der Waals surface area contributed by atoms with Crippen molar-refractivity contribution in [1.82, 2.24) is 4.31 Å². The van der Waals surface area contributed by atoms with Crippen LogP contribution in [0.1, 0.15) is 30.9 Å². The van der Waals surface area contributed by atoms with E-state index in [0.29, 0.717) is 24.3 Å². The van der Waals surface area contributed by atoms with Crippen LogP contribution in [0.3, 0.4) is 0 Å². The highest BCUT2D eigenvalue weighted by Crippen LogP contribution is 2.33. The number of hydrogen-bond acceptors (Lipinski definition) is 5. The number of aryl methyl sites for hydroxylation is 2. The van der Waals surface area contributed by atoms with Crippen LogP contribution in [0.5, 0.6) is 5.75 Å². The molecule has 0 spiro atoms. The van der Waals surface area contributed by atoms with Gasteiger partial charge in [-0.1, -0.05) is 12.1 Å². The molecule has 1 unspecified atom stereocenters. The number of hydrogen-bond donors (Lipinski definition) is 2. The zero-order chi connectivity index (χ0) is 23.0. The van der Waals surface area contributed by atoms with Gasteiger partial charge in [-0.25, -0.2) is 8.42 Å². The molecule has 0 aliphatic carbocycles. The van der Waals surface area contributed by atoms with E-state index in [4.69, 9.17) is 4.74 Å². The summed E-state index contributed by atoms with van der Waals surface area (Å²) >= 11 is 0. The minimum Gasteiger partial charge on any atom is -0.479 e. The molecule has 170 valence electrons. The topological polar surface area (TPSA) is 105 Å². The van der Waals surface area contributed by atoms with Gasteiger partial charge >= 0.3 is 0 Å². The standard InChI is InChI=1S/C23H27N3O5S/c1-14-4-5-15(2)19(12-14)24-23(28)17-8-10-26(11-9-17)32(29,30)18-6-7-21-20(13-18)25-22(27)16(3)31-21/h4-7,12-13,16-17H,8-11H2,1-3H3,(H,24,28)(H,25,27). The van der Waals surface area contributed by atoms with E-state index < -0.39 is 16.1 Å². The number of benzene rings is 2. The number of fused-ring (bicyclic) bond motifs is 1. The van der Waals surface area contributed by atoms with Crippen LogP contribution in [-0.2, 0) is 19.6 Å². The summed E-state index contributed by atoms with van der Waals surface area (Å²) in [5.41, 5.74) is 3.18. The molecule has 4 rings (SSSR count). The Labute approximate surface area is 188 Å². The maximum absolute atomic E-state index is 13.1. The minimum absolute atomic E-state index is 0.0847. The summed E-state index contributed by atoms with van der Waals surface area (Å²) in [5.74, 6) is -0.210. The van der Waals surface area contributed by atoms with Crippen molar-refractivity contribution in [3.8, 4) is 5.75 Å². The second-order valence-electron chi connectivity index (χ2n) is 8.39. The Morgan fingerprint density at radius 3 is 2.56 bits per heavy atom. The molecule has 9 heteroatoms. The van der Waals surface area contributed by atoms with Crippen molar-refractivity contribution >= 4 is 33.2 Å². The van der Waals surface area contributed by atoms with Gasteiger partial charge in [0.15, 0.2) is 6.10 Å². The molecule has 8 nitrogen and oxygen atoms in total. The Kier molecular flexibility index (Phi) is 5.96. The predicted molar refractivity (Wildman–Crippen MR) is 121 cm³/mol. The monoisotopic (exact) mass is 457 g/mol. The fraction of sp³-hybridized carbons (Fsp3) is 0.391. The minimum atomic E-state index is -3.75. The van der Waals surface area contributed by atoms with Gasteiger partial charge in [0.05, 0.1) is 10.6 Å². The van der Waals surface area contributed by atoms with Crippen LogP contribution in [0.2, 0.25) is 0 Å². The molecule has 2 aliphatic rings. The number of nitrogens with zero attached hydrogens (tertiary/aromatic N) is 1. The molecule has 0 bridgehead atoms. The van der Waals surface area contributed by atoms with Gasteiger partial charge in [-0.2, -0.15) is 4.31 Å². The maximum atomic E-state index is 13.1. The molecule has 2 aliphatic heterocycles. The molecule has 1 saturated heterocycles. The van der Waals surface area contributed by atoms with Crippen molar-refractivity contribution < 1.29 is 22.7 Å². The predicted octanol–water partition coefficient (Wildman–Crippen LogP) is 3.06. The number of amides is 2. The third-order valence-corrected chi connectivity index (χ3v) is 7.89. The van der Waals surface area contributed by atoms with Crippen molar-refractivity contribution in [1.29, 1.82) is 0 Å². The lowest BCUT2D eigenvalue weighted by atomic mass is 9.97. The van der Waals surface area contributed by atoms with Gasteiger partial charge in [0.1, 0.15) is 5.75 Å². The second kappa shape index (κ2) is 8.55. The summed E-state index contributed by atoms with van der Waals surface area (Å²) < 4.78 is 33.2. The molecule has 0 saturated carbocycles. The maximum Gasteiger partial charge on any atom is 0.265 e. The summed E-state index contributed by atoms with van der Waals surface area (Å²) in [6.07, 6.45) is 0.259. The van der Waals surface area contributed by atoms with E-state index in [9.17, 15) is 18.0 Å². The molecule has 0 aromatic heterocycles. The normalized spacial score (nSPS) is 19.6. The summed E-state index contributed by atoms with van der Waals surface area (Å²) in [6.45, 7) is 6.05. The summed E-state index contributed by atoms with van der Waals surface area (Å²) in [6, 6.07) is 10.4. The molecule has 2 aromatic carbocycles. The van der Waals surface area contributed by atoms with Crippen LogP contribution in [0.4, 0.5) is 11.4 Å². The van der Waals surface area contributed by atoms with Gasteiger partial charge in [0.25, 0.3) is 5.91 Å². The Morgan fingerprint density at radius 2 is 1.84 bits per heavy atom. The Hall–Kier alpha value is -2.91. The Bertz CT molecular complexity index is 1170. The fourth-order valence-electron chi connectivity index (χ4n) is 3.96. The smallest absolute Gasteiger partial charge is 0.265 e. The SMILES string of the molecule is Cc1ccc(C)c(NC(=O)C2CCN(S(=O)(=O)c3ccc4c(c3)NC(=O)C(C)O4)CC2)c1. The highest BCUT2D eigenvalue weighted by Gasteiger charge is 2.33. The van der Waals surface area contributed by atoms with E-state index in [2.05, 4.69) is 10.6 Å². The summed E-state index contributed by atoms with van der Waals surface area (Å²) in [5, 5.41) is 5.67. The number of carbonyl (C=O) groups is 2. The van der Waals surface area contributed by atoms with E-state index in [0.717, 1.165) is 16.8 Å². The summed E-state index contributed by atoms with van der Waals surface area (Å²) in [7, 11) is -3.75. The number of rotatable bonds is 4. The van der Waals surface area contributed by atoms with Crippen molar-refractivity contribution in [2.45, 2.75) is 44.6 Å². The molecule has 1 fully saturated rings. The zero-order valence-corrected chi connectivity index (χ0v) is 19.2. The largest absolute Gasteiger partial charge is 0.479 e. The third kappa shape index (κ3) is 4.35. The average Bonchev–Trinajstić information content (AvgIpc) is 2.76. The fourth-order valence-corrected chi connectivity index (χ4v) is 5.46. The molecule has 2 N–H and O–H groups in total. The molecule has 1 atom stereocenters. The van der Waals surface area contributed by atoms with Crippen LogP contribution in [0, 0.1) is 19.8 Å². The lowest BCUT2D eigenvalue weighted by Gasteiger charge is -2.31. The Morgan fingerprint density at radius 1 is 1.12 bits per heavy atom. The van der Waals surface area contributed by atoms with Crippen LogP contribution >= 0.6 is 0 Å². The first-order chi connectivity index (χ1) is 15.1. The molecular weight excluding hydrogens is 430 g/mol. The van der Waals surface area contributed by atoms with E-state index in [1.165, 1.54) is 16.4 Å². The lowest BCUT2D eigenvalue weighted by molar-refractivity contribution is -0.123. The number of nitrogens with one attached hydrogen (secondary N) is 2. The van der Waals surface area contributed by atoms with Crippen molar-refractivity contribution in [3.05, 3.63) is 47.5 Å². The molecule has 2 amide bonds. The van der Waals surface area contributed by atoms with Gasteiger partial charge < -0.3 is 15.4 Å². The van der Waals surface area contributed by atoms with Gasteiger partial charge in [-0.3, -0.25) is 9.59 Å². The number of ether oxygens (including phenoxy) is 1. The molecule has 2 aromatic rings. The first-order valence-corrected chi connectivity index (χ1v) is 12.1. The van der Waals surface area contributed by atoms with Gasteiger partial charge in [-0.15, -0.1) is 0 Å². The van der Waals surface area contributed by atoms with E-state index in [1.807, 2.05) is 32.0 Å². The van der Waals surface area contributed by atoms with Crippen LogP contribution < -0.4 is 15.4 Å². The lowest BCUT2D eigenvalue weighted by Crippen LogP contribution is -2.41. The number of carbonyl (C=O) groups excluding carboxylic acids is 2. The van der Waals surface area contributed by atoms with E-state index in [-0.39, 0.29) is 35.7 Å². The Balaban J connectivity index is 1.42. The molecular formula is C23H27N3O5S. The van der Waals surface area contributed by atoms with Crippen molar-refractivity contribution in [2.24, 2.45) is 5.92 Å². The highest BCUT2D eigenvalue weighted by molar-refractivity contribution is 7.89. The van der Waals surface area contributed by atoms with Crippen LogP contribution in [-0.4, -0.2) is 43.7 Å². The first kappa shape index (κ1) is 22.3. The second-order valence-corrected chi connectivity index (χ2v) is 10.3. The van der Waals surface area contributed by atoms with Crippen LogP contribution in [0.15, 0.2) is 41.3 Å². The van der Waals surface area contributed by atoms with E-state index >= 15 is 0 Å². The molecule has 32 heavy (non-hydrogen) atoms. The summed E-state index contributed by atoms with van der Waals surface area (Å²) in [4.78, 5) is 24.7. The quantitative estimate of drug-likeness (QED) is 0.734. The van der Waals surface area contributed by atoms with Crippen molar-refractivity contribution in [2.75, 3.05) is 23.7 Å². The molecule has 2 heterocycles. The number of piperidine rings is 1. The van der Waals surface area contributed by atoms with Gasteiger partial charge in [0.2, 0.25) is 15.9 Å². The van der Waals surface area contributed by atoms with Crippen LogP contribution in [0.25, 0.3) is 0 Å². The molecule has 0 radical (unpaired) electrons. The number of anilines is 2. The van der Waals surface area contributed by atoms with E-state index in [1.54, 1.807) is 13.0 Å². The first-order valence-electron chi connectivity index (χ1n) is 10.6. The van der Waals surface area contributed by atoms with Gasteiger partial charge in [-0.05, 0) is 69.0 Å².